The molecule has 0 aliphatic carbocycles. The predicted molar refractivity (Wildman–Crippen MR) is 330 cm³/mol. The summed E-state index contributed by atoms with van der Waals surface area (Å²) < 4.78 is 17.0. The van der Waals surface area contributed by atoms with Crippen LogP contribution in [0.2, 0.25) is 0 Å². The number of carbonyl (C=O) groups excluding carboxylic acids is 3. The molecule has 452 valence electrons. The van der Waals surface area contributed by atoms with Gasteiger partial charge in [0.05, 0.1) is 0 Å². The molecule has 0 aliphatic heterocycles. The highest BCUT2D eigenvalue weighted by molar-refractivity contribution is 5.71. The first-order valence-corrected chi connectivity index (χ1v) is 34.8. The average Bonchev–Trinajstić information content (AvgIpc) is 3.41. The van der Waals surface area contributed by atoms with Gasteiger partial charge in [-0.2, -0.15) is 0 Å². The maximum absolute atomic E-state index is 12.9. The lowest BCUT2D eigenvalue weighted by atomic mass is 9.99. The summed E-state index contributed by atoms with van der Waals surface area (Å²) in [6.07, 6.45) is 71.1. The minimum atomic E-state index is -0.765. The Balaban J connectivity index is 4.28. The highest BCUT2D eigenvalue weighted by Gasteiger charge is 2.20. The first-order valence-electron chi connectivity index (χ1n) is 34.8. The standard InChI is InChI=1S/C70H136O6/c1-6-8-9-10-11-12-13-14-15-16-17-22-25-32-37-42-47-52-57-62-70(73)76-67(64-75-69(72)61-56-51-46-41-36-31-27-26-29-34-39-44-49-54-59-66(5)7-2)63-74-68(71)60-55-50-45-40-35-30-24-21-19-18-20-23-28-33-38-43-48-53-58-65(3)4/h65-67H,6-64H2,1-5H3/t66?,67-/m0/s1. The number of hydrogen-bond acceptors (Lipinski definition) is 6. The van der Waals surface area contributed by atoms with Crippen LogP contribution in [0.5, 0.6) is 0 Å². The number of esters is 3. The van der Waals surface area contributed by atoms with E-state index in [9.17, 15) is 14.4 Å². The van der Waals surface area contributed by atoms with E-state index in [1.54, 1.807) is 0 Å². The maximum atomic E-state index is 12.9. The van der Waals surface area contributed by atoms with Gasteiger partial charge >= 0.3 is 17.9 Å². The smallest absolute Gasteiger partial charge is 0.306 e. The molecule has 0 rings (SSSR count). The van der Waals surface area contributed by atoms with Crippen molar-refractivity contribution in [3.05, 3.63) is 0 Å². The molecule has 0 saturated carbocycles. The van der Waals surface area contributed by atoms with Crippen LogP contribution in [0, 0.1) is 11.8 Å². The molecule has 0 N–H and O–H groups in total. The number of ether oxygens (including phenoxy) is 3. The minimum absolute atomic E-state index is 0.0613. The van der Waals surface area contributed by atoms with Gasteiger partial charge in [0, 0.05) is 19.3 Å². The molecule has 0 saturated heterocycles. The Labute approximate surface area is 476 Å². The Kier molecular flexibility index (Phi) is 61.3. The highest BCUT2D eigenvalue weighted by Crippen LogP contribution is 2.20. The van der Waals surface area contributed by atoms with Crippen LogP contribution in [0.4, 0.5) is 0 Å². The second kappa shape index (κ2) is 62.6. The monoisotopic (exact) mass is 1070 g/mol. The Hall–Kier alpha value is -1.59. The van der Waals surface area contributed by atoms with Crippen molar-refractivity contribution in [2.45, 2.75) is 407 Å². The Morgan fingerprint density at radius 3 is 0.750 bits per heavy atom. The third-order valence-corrected chi connectivity index (χ3v) is 16.6. The average molecular weight is 1070 g/mol. The summed E-state index contributed by atoms with van der Waals surface area (Å²) in [5, 5.41) is 0. The van der Waals surface area contributed by atoms with Gasteiger partial charge in [0.15, 0.2) is 6.10 Å². The fourth-order valence-electron chi connectivity index (χ4n) is 11.0. The van der Waals surface area contributed by atoms with E-state index in [2.05, 4.69) is 34.6 Å². The molecule has 0 spiro atoms. The zero-order valence-electron chi connectivity index (χ0n) is 52.4. The SMILES string of the molecule is CCCCCCCCCCCCCCCCCCCCCC(=O)O[C@@H](COC(=O)CCCCCCCCCCCCCCCCCCCCC(C)C)COC(=O)CCCCCCCCCCCCCCCCC(C)CC. The van der Waals surface area contributed by atoms with Gasteiger partial charge in [-0.15, -0.1) is 0 Å². The molecule has 0 heterocycles. The summed E-state index contributed by atoms with van der Waals surface area (Å²) >= 11 is 0. The molecule has 0 fully saturated rings. The Bertz CT molecular complexity index is 1170. The van der Waals surface area contributed by atoms with Crippen LogP contribution in [-0.2, 0) is 28.6 Å². The van der Waals surface area contributed by atoms with Crippen LogP contribution in [0.1, 0.15) is 401 Å². The molecule has 6 heteroatoms. The molecule has 0 amide bonds. The molecule has 0 aliphatic rings. The van der Waals surface area contributed by atoms with Crippen LogP contribution in [0.3, 0.4) is 0 Å². The molecular weight excluding hydrogens is 937 g/mol. The first-order chi connectivity index (χ1) is 37.3. The lowest BCUT2D eigenvalue weighted by Crippen LogP contribution is -2.30. The predicted octanol–water partition coefficient (Wildman–Crippen LogP) is 23.6. The van der Waals surface area contributed by atoms with E-state index in [0.717, 1.165) is 69.6 Å². The molecule has 76 heavy (non-hydrogen) atoms. The Morgan fingerprint density at radius 1 is 0.276 bits per heavy atom. The van der Waals surface area contributed by atoms with E-state index in [1.165, 1.54) is 289 Å². The summed E-state index contributed by atoms with van der Waals surface area (Å²) in [4.78, 5) is 38.4. The largest absolute Gasteiger partial charge is 0.462 e. The lowest BCUT2D eigenvalue weighted by molar-refractivity contribution is -0.167. The zero-order valence-corrected chi connectivity index (χ0v) is 52.4. The maximum Gasteiger partial charge on any atom is 0.306 e. The summed E-state index contributed by atoms with van der Waals surface area (Å²) in [6, 6.07) is 0. The van der Waals surface area contributed by atoms with Gasteiger partial charge in [0.2, 0.25) is 0 Å². The third-order valence-electron chi connectivity index (χ3n) is 16.6. The van der Waals surface area contributed by atoms with Crippen molar-refractivity contribution in [1.29, 1.82) is 0 Å². The van der Waals surface area contributed by atoms with E-state index in [0.29, 0.717) is 19.3 Å². The summed E-state index contributed by atoms with van der Waals surface area (Å²) in [5.74, 6) is 0.930. The van der Waals surface area contributed by atoms with Crippen molar-refractivity contribution < 1.29 is 28.6 Å². The molecule has 0 aromatic heterocycles. The van der Waals surface area contributed by atoms with Crippen molar-refractivity contribution in [3.8, 4) is 0 Å². The number of carbonyl (C=O) groups is 3. The van der Waals surface area contributed by atoms with Crippen LogP contribution in [-0.4, -0.2) is 37.2 Å². The van der Waals surface area contributed by atoms with Crippen molar-refractivity contribution in [1.82, 2.24) is 0 Å². The van der Waals surface area contributed by atoms with Crippen LogP contribution in [0.15, 0.2) is 0 Å². The van der Waals surface area contributed by atoms with Gasteiger partial charge in [-0.3, -0.25) is 14.4 Å². The van der Waals surface area contributed by atoms with Gasteiger partial charge in [-0.1, -0.05) is 362 Å². The third kappa shape index (κ3) is 61.6. The normalized spacial score (nSPS) is 12.4. The van der Waals surface area contributed by atoms with Gasteiger partial charge in [0.25, 0.3) is 0 Å². The molecule has 6 nitrogen and oxygen atoms in total. The van der Waals surface area contributed by atoms with Crippen LogP contribution < -0.4 is 0 Å². The van der Waals surface area contributed by atoms with Crippen molar-refractivity contribution in [2.24, 2.45) is 11.8 Å². The summed E-state index contributed by atoms with van der Waals surface area (Å²) in [7, 11) is 0. The molecule has 0 aromatic carbocycles. The Morgan fingerprint density at radius 2 is 0.500 bits per heavy atom. The summed E-state index contributed by atoms with van der Waals surface area (Å²) in [5.41, 5.74) is 0. The van der Waals surface area contributed by atoms with Gasteiger partial charge in [-0.05, 0) is 31.1 Å². The quantitative estimate of drug-likeness (QED) is 0.0343. The van der Waals surface area contributed by atoms with Crippen LogP contribution >= 0.6 is 0 Å². The number of unbranched alkanes of at least 4 members (excludes halogenated alkanes) is 48. The van der Waals surface area contributed by atoms with E-state index >= 15 is 0 Å². The lowest BCUT2D eigenvalue weighted by Gasteiger charge is -2.18. The first kappa shape index (κ1) is 74.4. The van der Waals surface area contributed by atoms with E-state index < -0.39 is 6.10 Å². The van der Waals surface area contributed by atoms with E-state index in [-0.39, 0.29) is 31.1 Å². The van der Waals surface area contributed by atoms with Gasteiger partial charge < -0.3 is 14.2 Å². The fourth-order valence-corrected chi connectivity index (χ4v) is 11.0. The van der Waals surface area contributed by atoms with Crippen molar-refractivity contribution >= 4 is 17.9 Å². The molecular formula is C70H136O6. The topological polar surface area (TPSA) is 78.9 Å². The fraction of sp³-hybridized carbons (Fsp3) is 0.957. The number of rotatable bonds is 64. The molecule has 1 unspecified atom stereocenters. The van der Waals surface area contributed by atoms with Gasteiger partial charge in [-0.25, -0.2) is 0 Å². The van der Waals surface area contributed by atoms with Crippen molar-refractivity contribution in [3.63, 3.8) is 0 Å². The van der Waals surface area contributed by atoms with Crippen LogP contribution in [0.25, 0.3) is 0 Å². The molecule has 2 atom stereocenters. The molecule has 0 aromatic rings. The van der Waals surface area contributed by atoms with E-state index in [1.807, 2.05) is 0 Å². The van der Waals surface area contributed by atoms with Crippen molar-refractivity contribution in [2.75, 3.05) is 13.2 Å². The molecule has 0 bridgehead atoms. The second-order valence-electron chi connectivity index (χ2n) is 24.9. The second-order valence-corrected chi connectivity index (χ2v) is 24.9. The highest BCUT2D eigenvalue weighted by atomic mass is 16.6. The number of hydrogen-bond donors (Lipinski definition) is 0. The summed E-state index contributed by atoms with van der Waals surface area (Å²) in [6.45, 7) is 11.5. The van der Waals surface area contributed by atoms with Gasteiger partial charge in [0.1, 0.15) is 13.2 Å². The molecule has 0 radical (unpaired) electrons. The minimum Gasteiger partial charge on any atom is -0.462 e. The van der Waals surface area contributed by atoms with E-state index in [4.69, 9.17) is 14.2 Å². The zero-order chi connectivity index (χ0) is 55.3.